The number of aliphatic hydroxyl groups excluding tert-OH is 1. The first-order valence-electron chi connectivity index (χ1n) is 6.77. The molecule has 6 heteroatoms. The predicted octanol–water partition coefficient (Wildman–Crippen LogP) is 2.80. The first-order valence-corrected chi connectivity index (χ1v) is 7.15. The molecule has 22 heavy (non-hydrogen) atoms. The Kier molecular flexibility index (Phi) is 6.21. The Morgan fingerprint density at radius 3 is 2.45 bits per heavy atom. The molecule has 0 saturated heterocycles. The van der Waals surface area contributed by atoms with Crippen LogP contribution < -0.4 is 10.8 Å². The zero-order valence-electron chi connectivity index (χ0n) is 11.8. The molecule has 2 aromatic rings. The van der Waals surface area contributed by atoms with E-state index in [9.17, 15) is 9.90 Å². The second kappa shape index (κ2) is 8.38. The van der Waals surface area contributed by atoms with Crippen LogP contribution in [0.25, 0.3) is 0 Å². The molecule has 0 aliphatic carbocycles. The van der Waals surface area contributed by atoms with Gasteiger partial charge in [0.2, 0.25) is 0 Å². The highest BCUT2D eigenvalue weighted by Crippen LogP contribution is 2.16. The van der Waals surface area contributed by atoms with Gasteiger partial charge >= 0.3 is 6.03 Å². The Labute approximate surface area is 133 Å². The highest BCUT2D eigenvalue weighted by Gasteiger charge is 2.13. The number of amides is 2. The number of urea groups is 1. The molecule has 0 aliphatic heterocycles. The van der Waals surface area contributed by atoms with E-state index >= 15 is 0 Å². The zero-order chi connectivity index (χ0) is 15.8. The molecule has 5 nitrogen and oxygen atoms in total. The number of benzene rings is 2. The number of aliphatic hydroxyl groups is 1. The Bertz CT molecular complexity index is 590. The molecule has 2 aromatic carbocycles. The number of hydrogen-bond acceptors (Lipinski definition) is 3. The minimum Gasteiger partial charge on any atom is -0.394 e. The maximum absolute atomic E-state index is 11.8. The van der Waals surface area contributed by atoms with Gasteiger partial charge in [0, 0.05) is 5.02 Å². The van der Waals surface area contributed by atoms with Crippen LogP contribution >= 0.6 is 11.6 Å². The fourth-order valence-electron chi connectivity index (χ4n) is 1.88. The van der Waals surface area contributed by atoms with Crippen molar-refractivity contribution in [2.45, 2.75) is 12.6 Å². The standard InChI is InChI=1S/C16H17ClN2O3/c17-14-8-6-13(7-9-14)15(10-20)18-16(21)19-22-11-12-4-2-1-3-5-12/h1-9,15,20H,10-11H2,(H2,18,19,21). The largest absolute Gasteiger partial charge is 0.394 e. The topological polar surface area (TPSA) is 70.6 Å². The van der Waals surface area contributed by atoms with Crippen molar-refractivity contribution >= 4 is 17.6 Å². The Morgan fingerprint density at radius 1 is 1.14 bits per heavy atom. The molecular weight excluding hydrogens is 304 g/mol. The van der Waals surface area contributed by atoms with Crippen LogP contribution in [-0.4, -0.2) is 17.7 Å². The molecular formula is C16H17ClN2O3. The molecule has 0 spiro atoms. The molecule has 0 bridgehead atoms. The molecule has 116 valence electrons. The van der Waals surface area contributed by atoms with Crippen LogP contribution in [0.4, 0.5) is 4.79 Å². The monoisotopic (exact) mass is 320 g/mol. The van der Waals surface area contributed by atoms with Crippen LogP contribution in [0.3, 0.4) is 0 Å². The summed E-state index contributed by atoms with van der Waals surface area (Å²) in [6, 6.07) is 15.3. The van der Waals surface area contributed by atoms with Gasteiger partial charge in [0.25, 0.3) is 0 Å². The highest BCUT2D eigenvalue weighted by molar-refractivity contribution is 6.30. The molecule has 0 aliphatic rings. The SMILES string of the molecule is O=C(NOCc1ccccc1)NC(CO)c1ccc(Cl)cc1. The fourth-order valence-corrected chi connectivity index (χ4v) is 2.00. The van der Waals surface area contributed by atoms with Gasteiger partial charge in [-0.05, 0) is 23.3 Å². The molecule has 0 radical (unpaired) electrons. The second-order valence-electron chi connectivity index (χ2n) is 4.64. The number of rotatable bonds is 6. The van der Waals surface area contributed by atoms with E-state index in [1.165, 1.54) is 0 Å². The molecule has 0 heterocycles. The van der Waals surface area contributed by atoms with Crippen molar-refractivity contribution < 1.29 is 14.7 Å². The lowest BCUT2D eigenvalue weighted by atomic mass is 10.1. The third kappa shape index (κ3) is 5.04. The van der Waals surface area contributed by atoms with Gasteiger partial charge in [-0.15, -0.1) is 0 Å². The van der Waals surface area contributed by atoms with Crippen molar-refractivity contribution in [1.82, 2.24) is 10.8 Å². The highest BCUT2D eigenvalue weighted by atomic mass is 35.5. The van der Waals surface area contributed by atoms with Crippen molar-refractivity contribution in [2.24, 2.45) is 0 Å². The molecule has 2 amide bonds. The molecule has 1 atom stereocenters. The van der Waals surface area contributed by atoms with Gasteiger partial charge in [0.05, 0.1) is 19.3 Å². The normalized spacial score (nSPS) is 11.7. The van der Waals surface area contributed by atoms with E-state index in [2.05, 4.69) is 10.8 Å². The van der Waals surface area contributed by atoms with Crippen molar-refractivity contribution in [3.63, 3.8) is 0 Å². The van der Waals surface area contributed by atoms with E-state index in [1.54, 1.807) is 24.3 Å². The van der Waals surface area contributed by atoms with Crippen molar-refractivity contribution in [2.75, 3.05) is 6.61 Å². The summed E-state index contributed by atoms with van der Waals surface area (Å²) in [5.41, 5.74) is 3.99. The lowest BCUT2D eigenvalue weighted by molar-refractivity contribution is 0.0472. The smallest absolute Gasteiger partial charge is 0.339 e. The van der Waals surface area contributed by atoms with Crippen LogP contribution in [0, 0.1) is 0 Å². The minimum atomic E-state index is -0.530. The molecule has 0 saturated carbocycles. The first kappa shape index (κ1) is 16.3. The minimum absolute atomic E-state index is 0.228. The summed E-state index contributed by atoms with van der Waals surface area (Å²) in [5, 5.41) is 12.6. The van der Waals surface area contributed by atoms with Gasteiger partial charge in [-0.25, -0.2) is 10.3 Å². The lowest BCUT2D eigenvalue weighted by Gasteiger charge is -2.17. The fraction of sp³-hybridized carbons (Fsp3) is 0.188. The van der Waals surface area contributed by atoms with Crippen molar-refractivity contribution in [3.8, 4) is 0 Å². The summed E-state index contributed by atoms with van der Waals surface area (Å²) in [6.45, 7) is 0.0345. The number of hydroxylamine groups is 1. The van der Waals surface area contributed by atoms with Crippen LogP contribution in [0.2, 0.25) is 5.02 Å². The van der Waals surface area contributed by atoms with E-state index < -0.39 is 12.1 Å². The summed E-state index contributed by atoms with van der Waals surface area (Å²) < 4.78 is 0. The molecule has 1 unspecified atom stereocenters. The van der Waals surface area contributed by atoms with Crippen molar-refractivity contribution in [3.05, 3.63) is 70.7 Å². The molecule has 0 aromatic heterocycles. The zero-order valence-corrected chi connectivity index (χ0v) is 12.6. The molecule has 0 fully saturated rings. The quantitative estimate of drug-likeness (QED) is 0.717. The van der Waals surface area contributed by atoms with Gasteiger partial charge in [-0.2, -0.15) is 0 Å². The maximum atomic E-state index is 11.8. The number of nitrogens with one attached hydrogen (secondary N) is 2. The Balaban J connectivity index is 1.81. The Hall–Kier alpha value is -2.08. The summed E-state index contributed by atoms with van der Waals surface area (Å²) in [4.78, 5) is 16.9. The van der Waals surface area contributed by atoms with E-state index in [4.69, 9.17) is 16.4 Å². The number of carbonyl (C=O) groups is 1. The number of carbonyl (C=O) groups excluding carboxylic acids is 1. The van der Waals surface area contributed by atoms with Gasteiger partial charge < -0.3 is 10.4 Å². The van der Waals surface area contributed by atoms with Crippen molar-refractivity contribution in [1.29, 1.82) is 0 Å². The average Bonchev–Trinajstić information content (AvgIpc) is 2.54. The van der Waals surface area contributed by atoms with E-state index in [-0.39, 0.29) is 13.2 Å². The predicted molar refractivity (Wildman–Crippen MR) is 84.2 cm³/mol. The third-order valence-corrected chi connectivity index (χ3v) is 3.26. The summed E-state index contributed by atoms with van der Waals surface area (Å²) in [7, 11) is 0. The van der Waals surface area contributed by atoms with Gasteiger partial charge in [-0.1, -0.05) is 54.1 Å². The molecule has 2 rings (SSSR count). The van der Waals surface area contributed by atoms with Crippen LogP contribution in [0.5, 0.6) is 0 Å². The molecule has 3 N–H and O–H groups in total. The van der Waals surface area contributed by atoms with E-state index in [1.807, 2.05) is 30.3 Å². The summed E-state index contributed by atoms with van der Waals surface area (Å²) in [6.07, 6.45) is 0. The number of hydrogen-bond donors (Lipinski definition) is 3. The number of halogens is 1. The second-order valence-corrected chi connectivity index (χ2v) is 5.07. The third-order valence-electron chi connectivity index (χ3n) is 3.01. The van der Waals surface area contributed by atoms with Crippen LogP contribution in [-0.2, 0) is 11.4 Å². The lowest BCUT2D eigenvalue weighted by Crippen LogP contribution is -2.39. The summed E-state index contributed by atoms with van der Waals surface area (Å²) in [5.74, 6) is 0. The Morgan fingerprint density at radius 2 is 1.82 bits per heavy atom. The average molecular weight is 321 g/mol. The first-order chi connectivity index (χ1) is 10.7. The van der Waals surface area contributed by atoms with Gasteiger partial charge in [0.1, 0.15) is 0 Å². The maximum Gasteiger partial charge on any atom is 0.339 e. The van der Waals surface area contributed by atoms with Gasteiger partial charge in [0.15, 0.2) is 0 Å². The van der Waals surface area contributed by atoms with Crippen LogP contribution in [0.15, 0.2) is 54.6 Å². The van der Waals surface area contributed by atoms with E-state index in [0.29, 0.717) is 5.02 Å². The van der Waals surface area contributed by atoms with E-state index in [0.717, 1.165) is 11.1 Å². The van der Waals surface area contributed by atoms with Crippen LogP contribution in [0.1, 0.15) is 17.2 Å². The van der Waals surface area contributed by atoms with Gasteiger partial charge in [-0.3, -0.25) is 4.84 Å². The summed E-state index contributed by atoms with van der Waals surface area (Å²) >= 11 is 5.81.